The van der Waals surface area contributed by atoms with Crippen molar-refractivity contribution in [3.05, 3.63) is 108 Å². The normalized spacial score (nSPS) is 16.8. The molecule has 1 saturated heterocycles. The maximum Gasteiger partial charge on any atom is 0.408 e. The zero-order valence-corrected chi connectivity index (χ0v) is 25.7. The summed E-state index contributed by atoms with van der Waals surface area (Å²) in [4.78, 5) is 54.2. The van der Waals surface area contributed by atoms with Crippen LogP contribution >= 0.6 is 0 Å². The Morgan fingerprint density at radius 1 is 0.818 bits per heavy atom. The standard InChI is InChI=1S/C35H42N4O5/c1-34(2,3)44-33(43)38-29(31(41)36-24-27-16-9-5-10-17-27)20-13-21-39-30(40)23-35(39,22-26-14-7-4-8-15-26)32(42)37-25-28-18-11-6-12-19-28/h4-12,14-19,29H,13,20-25H2,1-3H3,(H,36,41)(H,37,42)(H,38,43)/t29-,35?/m0/s1. The fraction of sp³-hybridized carbons (Fsp3) is 0.371. The molecule has 232 valence electrons. The average Bonchev–Trinajstić information content (AvgIpc) is 3.00. The minimum Gasteiger partial charge on any atom is -0.444 e. The van der Waals surface area contributed by atoms with Crippen molar-refractivity contribution in [1.29, 1.82) is 0 Å². The molecule has 0 saturated carbocycles. The Balaban J connectivity index is 1.45. The molecule has 2 atom stereocenters. The number of likely N-dealkylation sites (tertiary alicyclic amines) is 1. The van der Waals surface area contributed by atoms with Gasteiger partial charge >= 0.3 is 6.09 Å². The van der Waals surface area contributed by atoms with Crippen LogP contribution in [0.15, 0.2) is 91.0 Å². The lowest BCUT2D eigenvalue weighted by Crippen LogP contribution is -2.71. The molecule has 44 heavy (non-hydrogen) atoms. The van der Waals surface area contributed by atoms with E-state index in [0.29, 0.717) is 25.9 Å². The monoisotopic (exact) mass is 598 g/mol. The van der Waals surface area contributed by atoms with Crippen LogP contribution in [0.3, 0.4) is 0 Å². The SMILES string of the molecule is CC(C)(C)OC(=O)N[C@@H](CCCN1C(=O)CC1(Cc1ccccc1)C(=O)NCc1ccccc1)C(=O)NCc1ccccc1. The van der Waals surface area contributed by atoms with Gasteiger partial charge in [-0.15, -0.1) is 0 Å². The zero-order valence-electron chi connectivity index (χ0n) is 25.7. The van der Waals surface area contributed by atoms with Crippen LogP contribution in [0.4, 0.5) is 4.79 Å². The second-order valence-corrected chi connectivity index (χ2v) is 12.1. The van der Waals surface area contributed by atoms with Gasteiger partial charge in [0.15, 0.2) is 0 Å². The van der Waals surface area contributed by atoms with Crippen molar-refractivity contribution in [2.45, 2.75) is 76.7 Å². The highest BCUT2D eigenvalue weighted by Crippen LogP contribution is 2.36. The van der Waals surface area contributed by atoms with Crippen LogP contribution in [0.5, 0.6) is 0 Å². The van der Waals surface area contributed by atoms with E-state index in [1.54, 1.807) is 25.7 Å². The topological polar surface area (TPSA) is 117 Å². The first-order valence-electron chi connectivity index (χ1n) is 15.0. The Morgan fingerprint density at radius 3 is 1.86 bits per heavy atom. The molecule has 9 heteroatoms. The van der Waals surface area contributed by atoms with Crippen LogP contribution in [0.1, 0.15) is 56.7 Å². The molecule has 1 aliphatic heterocycles. The van der Waals surface area contributed by atoms with Gasteiger partial charge in [-0.1, -0.05) is 91.0 Å². The second-order valence-electron chi connectivity index (χ2n) is 12.1. The molecular weight excluding hydrogens is 556 g/mol. The molecule has 1 aliphatic rings. The van der Waals surface area contributed by atoms with Crippen molar-refractivity contribution in [1.82, 2.24) is 20.9 Å². The number of carbonyl (C=O) groups is 4. The smallest absolute Gasteiger partial charge is 0.408 e. The van der Waals surface area contributed by atoms with E-state index in [2.05, 4.69) is 16.0 Å². The molecule has 1 fully saturated rings. The molecule has 0 radical (unpaired) electrons. The highest BCUT2D eigenvalue weighted by atomic mass is 16.6. The van der Waals surface area contributed by atoms with Crippen molar-refractivity contribution in [2.24, 2.45) is 0 Å². The minimum absolute atomic E-state index is 0.0969. The molecule has 3 aromatic carbocycles. The average molecular weight is 599 g/mol. The number of hydrogen-bond acceptors (Lipinski definition) is 5. The van der Waals surface area contributed by atoms with Gasteiger partial charge in [0, 0.05) is 26.1 Å². The van der Waals surface area contributed by atoms with E-state index >= 15 is 0 Å². The molecule has 0 spiro atoms. The quantitative estimate of drug-likeness (QED) is 0.251. The molecule has 4 amide bonds. The number of nitrogens with zero attached hydrogens (tertiary/aromatic N) is 1. The molecule has 0 aromatic heterocycles. The van der Waals surface area contributed by atoms with Gasteiger partial charge in [-0.05, 0) is 50.3 Å². The predicted octanol–water partition coefficient (Wildman–Crippen LogP) is 4.51. The summed E-state index contributed by atoms with van der Waals surface area (Å²) in [6, 6.07) is 27.9. The maximum absolute atomic E-state index is 13.7. The summed E-state index contributed by atoms with van der Waals surface area (Å²) >= 11 is 0. The lowest BCUT2D eigenvalue weighted by atomic mass is 9.77. The maximum atomic E-state index is 13.7. The zero-order chi connectivity index (χ0) is 31.6. The number of benzene rings is 3. The number of nitrogens with one attached hydrogen (secondary N) is 3. The Hall–Kier alpha value is -4.66. The summed E-state index contributed by atoms with van der Waals surface area (Å²) in [6.07, 6.45) is 0.400. The van der Waals surface area contributed by atoms with E-state index in [0.717, 1.165) is 16.7 Å². The van der Waals surface area contributed by atoms with Crippen LogP contribution in [0, 0.1) is 0 Å². The van der Waals surface area contributed by atoms with Gasteiger partial charge in [-0.25, -0.2) is 4.79 Å². The van der Waals surface area contributed by atoms with Gasteiger partial charge in [-0.3, -0.25) is 14.4 Å². The van der Waals surface area contributed by atoms with Gasteiger partial charge in [0.2, 0.25) is 17.7 Å². The summed E-state index contributed by atoms with van der Waals surface area (Å²) < 4.78 is 5.40. The van der Waals surface area contributed by atoms with E-state index in [9.17, 15) is 19.2 Å². The molecule has 4 rings (SSSR count). The third-order valence-electron chi connectivity index (χ3n) is 7.51. The first-order valence-corrected chi connectivity index (χ1v) is 15.0. The van der Waals surface area contributed by atoms with E-state index in [-0.39, 0.29) is 37.1 Å². The third kappa shape index (κ3) is 8.92. The van der Waals surface area contributed by atoms with Gasteiger partial charge < -0.3 is 25.6 Å². The van der Waals surface area contributed by atoms with Crippen LogP contribution in [0.25, 0.3) is 0 Å². The minimum atomic E-state index is -1.04. The fourth-order valence-corrected chi connectivity index (χ4v) is 5.32. The lowest BCUT2D eigenvalue weighted by Gasteiger charge is -2.51. The first kappa shape index (κ1) is 32.3. The van der Waals surface area contributed by atoms with E-state index in [1.807, 2.05) is 91.0 Å². The van der Waals surface area contributed by atoms with Gasteiger partial charge in [0.05, 0.1) is 6.42 Å². The van der Waals surface area contributed by atoms with Crippen LogP contribution < -0.4 is 16.0 Å². The largest absolute Gasteiger partial charge is 0.444 e. The predicted molar refractivity (Wildman–Crippen MR) is 168 cm³/mol. The summed E-state index contributed by atoms with van der Waals surface area (Å²) in [7, 11) is 0. The van der Waals surface area contributed by atoms with Gasteiger partial charge in [-0.2, -0.15) is 0 Å². The number of β-lactam (4-membered cyclic amide) rings is 1. The van der Waals surface area contributed by atoms with Crippen molar-refractivity contribution in [2.75, 3.05) is 6.54 Å². The number of amides is 4. The lowest BCUT2D eigenvalue weighted by molar-refractivity contribution is -0.166. The number of rotatable bonds is 13. The highest BCUT2D eigenvalue weighted by molar-refractivity contribution is 6.01. The molecule has 3 aromatic rings. The Morgan fingerprint density at radius 2 is 1.34 bits per heavy atom. The Labute approximate surface area is 259 Å². The number of alkyl carbamates (subject to hydrolysis) is 1. The summed E-state index contributed by atoms with van der Waals surface area (Å²) in [5.74, 6) is -0.694. The Kier molecular flexibility index (Phi) is 10.8. The van der Waals surface area contributed by atoms with Gasteiger partial charge in [0.25, 0.3) is 0 Å². The van der Waals surface area contributed by atoms with E-state index in [4.69, 9.17) is 4.74 Å². The van der Waals surface area contributed by atoms with Crippen LogP contribution in [-0.4, -0.2) is 52.4 Å². The highest BCUT2D eigenvalue weighted by Gasteiger charge is 2.55. The van der Waals surface area contributed by atoms with Gasteiger partial charge in [0.1, 0.15) is 17.2 Å². The molecular formula is C35H42N4O5. The van der Waals surface area contributed by atoms with Crippen molar-refractivity contribution >= 4 is 23.8 Å². The van der Waals surface area contributed by atoms with Crippen molar-refractivity contribution in [3.8, 4) is 0 Å². The first-order chi connectivity index (χ1) is 21.1. The number of carbonyl (C=O) groups excluding carboxylic acids is 4. The molecule has 0 aliphatic carbocycles. The third-order valence-corrected chi connectivity index (χ3v) is 7.51. The van der Waals surface area contributed by atoms with E-state index in [1.165, 1.54) is 0 Å². The van der Waals surface area contributed by atoms with E-state index < -0.39 is 23.3 Å². The Bertz CT molecular complexity index is 1410. The van der Waals surface area contributed by atoms with Crippen molar-refractivity contribution < 1.29 is 23.9 Å². The second kappa shape index (κ2) is 14.7. The number of ether oxygens (including phenoxy) is 1. The molecule has 0 bridgehead atoms. The number of hydrogen-bond donors (Lipinski definition) is 3. The molecule has 1 unspecified atom stereocenters. The summed E-state index contributed by atoms with van der Waals surface area (Å²) in [5.41, 5.74) is 1.06. The molecule has 9 nitrogen and oxygen atoms in total. The molecule has 1 heterocycles. The van der Waals surface area contributed by atoms with Crippen LogP contribution in [-0.2, 0) is 38.6 Å². The summed E-state index contributed by atoms with van der Waals surface area (Å²) in [6.45, 7) is 6.16. The molecule has 3 N–H and O–H groups in total. The fourth-order valence-electron chi connectivity index (χ4n) is 5.32. The van der Waals surface area contributed by atoms with Crippen molar-refractivity contribution in [3.63, 3.8) is 0 Å². The van der Waals surface area contributed by atoms with Crippen LogP contribution in [0.2, 0.25) is 0 Å². The summed E-state index contributed by atoms with van der Waals surface area (Å²) in [5, 5.41) is 8.62.